The van der Waals surface area contributed by atoms with Crippen molar-refractivity contribution in [3.63, 3.8) is 0 Å². The summed E-state index contributed by atoms with van der Waals surface area (Å²) in [7, 11) is 0. The molecule has 1 nitrogen and oxygen atoms in total. The second-order valence-corrected chi connectivity index (χ2v) is 3.80. The summed E-state index contributed by atoms with van der Waals surface area (Å²) in [5.41, 5.74) is -3.83. The number of alkyl halides is 3. The molecule has 0 radical (unpaired) electrons. The molecule has 0 atom stereocenters. The highest BCUT2D eigenvalue weighted by molar-refractivity contribution is 5.50. The van der Waals surface area contributed by atoms with E-state index in [2.05, 4.69) is 0 Å². The van der Waals surface area contributed by atoms with Crippen LogP contribution in [0.2, 0.25) is 0 Å². The number of hydrogen-bond acceptors (Lipinski definition) is 1. The average molecular weight is 275 g/mol. The molecule has 0 saturated carbocycles. The number of rotatable bonds is 2. The zero-order valence-electron chi connectivity index (χ0n) is 9.22. The number of halogens is 7. The third kappa shape index (κ3) is 2.51. The van der Waals surface area contributed by atoms with Gasteiger partial charge in [0.05, 0.1) is 0 Å². The maximum Gasteiger partial charge on any atom is 0.422 e. The highest BCUT2D eigenvalue weighted by Gasteiger charge is 2.42. The van der Waals surface area contributed by atoms with E-state index in [4.69, 9.17) is 0 Å². The number of hydrogen-bond donors (Lipinski definition) is 1. The van der Waals surface area contributed by atoms with Crippen molar-refractivity contribution >= 4 is 5.69 Å². The fourth-order valence-electron chi connectivity index (χ4n) is 1.30. The van der Waals surface area contributed by atoms with Crippen molar-refractivity contribution in [3.05, 3.63) is 28.8 Å². The number of anilines is 1. The van der Waals surface area contributed by atoms with E-state index in [1.165, 1.54) is 13.8 Å². The van der Waals surface area contributed by atoms with Crippen molar-refractivity contribution in [2.75, 3.05) is 5.32 Å². The predicted octanol–water partition coefficient (Wildman–Crippen LogP) is 4.08. The second kappa shape index (κ2) is 4.66. The van der Waals surface area contributed by atoms with Crippen LogP contribution < -0.4 is 5.32 Å². The number of nitrogens with one attached hydrogen (secondary N) is 1. The minimum Gasteiger partial charge on any atom is -0.378 e. The molecule has 0 bridgehead atoms. The van der Waals surface area contributed by atoms with Gasteiger partial charge in [0.25, 0.3) is 0 Å². The molecule has 8 heteroatoms. The van der Waals surface area contributed by atoms with Crippen molar-refractivity contribution in [3.8, 4) is 0 Å². The van der Waals surface area contributed by atoms with Gasteiger partial charge in [-0.2, -0.15) is 13.2 Å². The molecule has 0 aromatic heterocycles. The lowest BCUT2D eigenvalue weighted by atomic mass is 10.1. The average Bonchev–Trinajstić information content (AvgIpc) is 2.19. The van der Waals surface area contributed by atoms with E-state index in [0.717, 1.165) is 0 Å². The summed E-state index contributed by atoms with van der Waals surface area (Å²) in [4.78, 5) is 0. The molecule has 0 saturated heterocycles. The molecule has 0 aliphatic rings. The zero-order chi connectivity index (χ0) is 14.2. The number of benzene rings is 1. The van der Waals surface area contributed by atoms with Crippen LogP contribution in [0.1, 0.15) is 19.4 Å². The first-order valence-electron chi connectivity index (χ1n) is 4.77. The highest BCUT2D eigenvalue weighted by atomic mass is 19.4. The van der Waals surface area contributed by atoms with Gasteiger partial charge in [0.15, 0.2) is 23.3 Å². The predicted molar refractivity (Wildman–Crippen MR) is 50.0 cm³/mol. The summed E-state index contributed by atoms with van der Waals surface area (Å²) in [5, 5.41) is 2.00. The van der Waals surface area contributed by atoms with Crippen LogP contribution in [-0.2, 0) is 6.18 Å². The lowest BCUT2D eigenvalue weighted by Gasteiger charge is -2.16. The molecule has 102 valence electrons. The quantitative estimate of drug-likeness (QED) is 0.633. The SMILES string of the molecule is CC(C)Nc1c(F)c(F)c(C(F)(F)F)c(F)c1F. The van der Waals surface area contributed by atoms with Crippen LogP contribution in [0, 0.1) is 23.3 Å². The Hall–Kier alpha value is -1.47. The van der Waals surface area contributed by atoms with E-state index in [-0.39, 0.29) is 0 Å². The summed E-state index contributed by atoms with van der Waals surface area (Å²) in [6, 6.07) is -0.621. The first-order chi connectivity index (χ1) is 8.07. The monoisotopic (exact) mass is 275 g/mol. The Balaban J connectivity index is 3.56. The van der Waals surface area contributed by atoms with Crippen molar-refractivity contribution < 1.29 is 30.7 Å². The van der Waals surface area contributed by atoms with E-state index in [1.54, 1.807) is 0 Å². The van der Waals surface area contributed by atoms with E-state index in [9.17, 15) is 30.7 Å². The Kier molecular flexibility index (Phi) is 3.78. The molecule has 0 fully saturated rings. The molecule has 1 N–H and O–H groups in total. The van der Waals surface area contributed by atoms with Gasteiger partial charge in [-0.1, -0.05) is 0 Å². The lowest BCUT2D eigenvalue weighted by Crippen LogP contribution is -2.19. The molecule has 1 aromatic carbocycles. The molecule has 0 unspecified atom stereocenters. The molecule has 0 spiro atoms. The molecule has 0 aliphatic carbocycles. The van der Waals surface area contributed by atoms with Gasteiger partial charge in [-0.3, -0.25) is 0 Å². The third-order valence-corrected chi connectivity index (χ3v) is 1.98. The van der Waals surface area contributed by atoms with Gasteiger partial charge in [0.1, 0.15) is 11.3 Å². The van der Waals surface area contributed by atoms with Crippen LogP contribution in [-0.4, -0.2) is 6.04 Å². The van der Waals surface area contributed by atoms with Crippen LogP contribution in [0.5, 0.6) is 0 Å². The Labute approximate surface area is 97.6 Å². The first kappa shape index (κ1) is 14.6. The van der Waals surface area contributed by atoms with E-state index >= 15 is 0 Å². The van der Waals surface area contributed by atoms with Crippen molar-refractivity contribution in [1.82, 2.24) is 0 Å². The van der Waals surface area contributed by atoms with Crippen molar-refractivity contribution in [2.24, 2.45) is 0 Å². The summed E-state index contributed by atoms with van der Waals surface area (Å²) < 4.78 is 89.4. The van der Waals surface area contributed by atoms with E-state index < -0.39 is 46.7 Å². The topological polar surface area (TPSA) is 12.0 Å². The smallest absolute Gasteiger partial charge is 0.378 e. The van der Waals surface area contributed by atoms with Gasteiger partial charge in [0, 0.05) is 6.04 Å². The normalized spacial score (nSPS) is 12.1. The zero-order valence-corrected chi connectivity index (χ0v) is 9.22. The minimum atomic E-state index is -5.52. The second-order valence-electron chi connectivity index (χ2n) is 3.80. The van der Waals surface area contributed by atoms with Crippen LogP contribution in [0.4, 0.5) is 36.4 Å². The van der Waals surface area contributed by atoms with Gasteiger partial charge < -0.3 is 5.32 Å². The molecule has 18 heavy (non-hydrogen) atoms. The largest absolute Gasteiger partial charge is 0.422 e. The van der Waals surface area contributed by atoms with Crippen molar-refractivity contribution in [2.45, 2.75) is 26.1 Å². The molecular weight excluding hydrogens is 267 g/mol. The Morgan fingerprint density at radius 3 is 1.50 bits per heavy atom. The van der Waals surface area contributed by atoms with Crippen LogP contribution in [0.15, 0.2) is 0 Å². The van der Waals surface area contributed by atoms with Crippen LogP contribution >= 0.6 is 0 Å². The summed E-state index contributed by atoms with van der Waals surface area (Å²) >= 11 is 0. The highest BCUT2D eigenvalue weighted by Crippen LogP contribution is 2.38. The summed E-state index contributed by atoms with van der Waals surface area (Å²) in [6.45, 7) is 2.79. The van der Waals surface area contributed by atoms with Gasteiger partial charge in [0.2, 0.25) is 0 Å². The van der Waals surface area contributed by atoms with Crippen molar-refractivity contribution in [1.29, 1.82) is 0 Å². The Bertz CT molecular complexity index is 435. The maximum absolute atomic E-state index is 13.2. The van der Waals surface area contributed by atoms with Gasteiger partial charge in [-0.05, 0) is 13.8 Å². The van der Waals surface area contributed by atoms with E-state index in [0.29, 0.717) is 0 Å². The fraction of sp³-hybridized carbons (Fsp3) is 0.400. The van der Waals surface area contributed by atoms with Crippen LogP contribution in [0.3, 0.4) is 0 Å². The third-order valence-electron chi connectivity index (χ3n) is 1.98. The maximum atomic E-state index is 13.2. The molecule has 1 aromatic rings. The molecular formula is C10H8F7N. The Morgan fingerprint density at radius 2 is 1.22 bits per heavy atom. The minimum absolute atomic E-state index is 0.621. The Morgan fingerprint density at radius 1 is 0.833 bits per heavy atom. The lowest BCUT2D eigenvalue weighted by molar-refractivity contribution is -0.143. The van der Waals surface area contributed by atoms with E-state index in [1.807, 2.05) is 5.32 Å². The molecule has 0 amide bonds. The summed E-state index contributed by atoms with van der Waals surface area (Å²) in [5.74, 6) is -9.14. The molecule has 0 heterocycles. The van der Waals surface area contributed by atoms with Gasteiger partial charge in [-0.15, -0.1) is 0 Å². The molecule has 0 aliphatic heterocycles. The standard InChI is InChI=1S/C10H8F7N/c1-3(2)18-9-7(13)5(11)4(10(15,16)17)6(12)8(9)14/h3,18H,1-2H3. The van der Waals surface area contributed by atoms with Gasteiger partial charge in [-0.25, -0.2) is 17.6 Å². The fourth-order valence-corrected chi connectivity index (χ4v) is 1.30. The van der Waals surface area contributed by atoms with Crippen LogP contribution in [0.25, 0.3) is 0 Å². The summed E-state index contributed by atoms with van der Waals surface area (Å²) in [6.07, 6.45) is -5.52. The first-order valence-corrected chi connectivity index (χ1v) is 4.77. The van der Waals surface area contributed by atoms with Gasteiger partial charge >= 0.3 is 6.18 Å². The molecule has 1 rings (SSSR count).